The quantitative estimate of drug-likeness (QED) is 0.0325. The van der Waals surface area contributed by atoms with Crippen LogP contribution in [0.25, 0.3) is 10.4 Å². The number of ketones is 1. The molecule has 2 bridgehead atoms. The van der Waals surface area contributed by atoms with Crippen LogP contribution < -0.4 is 0 Å². The molecular formula is C58H87N5O13. The van der Waals surface area contributed by atoms with E-state index in [1.165, 1.54) is 12.0 Å². The van der Waals surface area contributed by atoms with E-state index in [1.807, 2.05) is 52.0 Å². The highest BCUT2D eigenvalue weighted by Gasteiger charge is 2.53. The molecule has 4 N–H and O–H groups in total. The average Bonchev–Trinajstić information content (AvgIpc) is 3.40. The van der Waals surface area contributed by atoms with Crippen molar-refractivity contribution < 1.29 is 63.3 Å². The van der Waals surface area contributed by atoms with Gasteiger partial charge in [-0.1, -0.05) is 106 Å². The van der Waals surface area contributed by atoms with Crippen LogP contribution in [0.5, 0.6) is 0 Å². The number of carbonyl (C=O) groups is 3. The van der Waals surface area contributed by atoms with Crippen LogP contribution in [0.3, 0.4) is 0 Å². The van der Waals surface area contributed by atoms with Crippen LogP contribution >= 0.6 is 0 Å². The molecule has 0 spiro atoms. The number of benzene rings is 1. The third-order valence-electron chi connectivity index (χ3n) is 16.2. The van der Waals surface area contributed by atoms with Crippen molar-refractivity contribution in [3.8, 4) is 0 Å². The van der Waals surface area contributed by atoms with Crippen LogP contribution in [0, 0.1) is 35.5 Å². The number of allylic oxidation sites excluding steroid dienone is 5. The molecule has 1 aliphatic carbocycles. The summed E-state index contributed by atoms with van der Waals surface area (Å²) in [5.41, 5.74) is 11.9. The number of oxime groups is 1. The molecular weight excluding hydrogens is 975 g/mol. The van der Waals surface area contributed by atoms with Crippen molar-refractivity contribution in [3.05, 3.63) is 87.9 Å². The minimum absolute atomic E-state index is 0.00987. The summed E-state index contributed by atoms with van der Waals surface area (Å²) < 4.78 is 30.1. The van der Waals surface area contributed by atoms with Crippen molar-refractivity contribution in [1.29, 1.82) is 0 Å². The molecule has 0 unspecified atom stereocenters. The maximum Gasteiger partial charge on any atom is 0.329 e. The number of aliphatic hydroxyl groups is 4. The largest absolute Gasteiger partial charge is 0.460 e. The van der Waals surface area contributed by atoms with E-state index in [0.29, 0.717) is 74.8 Å². The highest BCUT2D eigenvalue weighted by atomic mass is 16.6. The zero-order chi connectivity index (χ0) is 55.7. The van der Waals surface area contributed by atoms with Crippen molar-refractivity contribution in [2.24, 2.45) is 45.8 Å². The number of fused-ring (bicyclic) bond motifs is 3. The number of azide groups is 1. The minimum Gasteiger partial charge on any atom is -0.460 e. The van der Waals surface area contributed by atoms with Crippen LogP contribution in [-0.4, -0.2) is 137 Å². The van der Waals surface area contributed by atoms with Gasteiger partial charge in [-0.25, -0.2) is 4.79 Å². The van der Waals surface area contributed by atoms with E-state index in [2.05, 4.69) is 28.2 Å². The maximum absolute atomic E-state index is 14.6. The van der Waals surface area contributed by atoms with Gasteiger partial charge in [-0.2, -0.15) is 0 Å². The average molecular weight is 1060 g/mol. The van der Waals surface area contributed by atoms with E-state index in [4.69, 9.17) is 34.1 Å². The first-order valence-electron chi connectivity index (χ1n) is 27.4. The van der Waals surface area contributed by atoms with Gasteiger partial charge in [0, 0.05) is 69.1 Å². The smallest absolute Gasteiger partial charge is 0.329 e. The Morgan fingerprint density at radius 3 is 2.28 bits per heavy atom. The molecule has 3 fully saturated rings. The van der Waals surface area contributed by atoms with E-state index < -0.39 is 84.1 Å². The van der Waals surface area contributed by atoms with E-state index in [-0.39, 0.29) is 55.8 Å². The molecule has 1 amide bonds. The first-order chi connectivity index (χ1) is 36.2. The van der Waals surface area contributed by atoms with Crippen LogP contribution in [0.4, 0.5) is 5.69 Å². The van der Waals surface area contributed by atoms with E-state index >= 15 is 0 Å². The van der Waals surface area contributed by atoms with Crippen molar-refractivity contribution in [1.82, 2.24) is 4.90 Å². The highest BCUT2D eigenvalue weighted by Crippen LogP contribution is 2.38. The summed E-state index contributed by atoms with van der Waals surface area (Å²) in [4.78, 5) is 53.3. The Morgan fingerprint density at radius 1 is 0.855 bits per heavy atom. The SMILES string of the molecule is CO[C@H]1C[C@@H]2CC[C@@H](C)[C@@](O)(O2)C(=O)C(=O)N2CCCC[C@H]2C(=O)O[C@H]([C@H](C)C[C@@H]2CC[C@@H](O)[C@H](OC)C2)C[C@@H](O)[C@H](C)/C=C(\C)[C@@H](O)[C@@H](OC)C(=NOCc2ccc(N=[N+]=[N-])cc2)[C@H](C)C[C@H](C)/C=C/C=C/C=C/1C. The number of piperidine rings is 1. The summed E-state index contributed by atoms with van der Waals surface area (Å²) in [7, 11) is 4.67. The van der Waals surface area contributed by atoms with E-state index in [0.717, 1.165) is 17.6 Å². The number of aliphatic hydroxyl groups excluding tert-OH is 3. The lowest BCUT2D eigenvalue weighted by atomic mass is 9.78. The minimum atomic E-state index is -2.43. The fourth-order valence-corrected chi connectivity index (χ4v) is 11.3. The molecule has 1 aromatic carbocycles. The van der Waals surface area contributed by atoms with Gasteiger partial charge in [0.1, 0.15) is 31.0 Å². The number of carbonyl (C=O) groups excluding carboxylic acids is 3. The number of amides is 1. The monoisotopic (exact) mass is 1060 g/mol. The first kappa shape index (κ1) is 62.1. The molecule has 422 valence electrons. The molecule has 5 rings (SSSR count). The summed E-state index contributed by atoms with van der Waals surface area (Å²) >= 11 is 0. The molecule has 76 heavy (non-hydrogen) atoms. The number of ether oxygens (including phenoxy) is 5. The zero-order valence-corrected chi connectivity index (χ0v) is 46.5. The fraction of sp³-hybridized carbons (Fsp3) is 0.690. The number of esters is 1. The second kappa shape index (κ2) is 29.8. The Hall–Kier alpha value is -4.75. The number of hydrogen-bond donors (Lipinski definition) is 4. The molecule has 1 saturated carbocycles. The summed E-state index contributed by atoms with van der Waals surface area (Å²) in [6.07, 6.45) is 11.2. The summed E-state index contributed by atoms with van der Waals surface area (Å²) in [5, 5.41) is 55.0. The Kier molecular flexibility index (Phi) is 24.4. The highest BCUT2D eigenvalue weighted by molar-refractivity contribution is 6.39. The van der Waals surface area contributed by atoms with Gasteiger partial charge in [-0.05, 0) is 118 Å². The molecule has 18 nitrogen and oxygen atoms in total. The Labute approximate surface area is 450 Å². The van der Waals surface area contributed by atoms with Gasteiger partial charge in [0.2, 0.25) is 5.79 Å². The third kappa shape index (κ3) is 16.9. The van der Waals surface area contributed by atoms with Gasteiger partial charge < -0.3 is 53.8 Å². The Morgan fingerprint density at radius 2 is 1.59 bits per heavy atom. The molecule has 4 aliphatic rings. The van der Waals surface area contributed by atoms with Gasteiger partial charge in [-0.3, -0.25) is 9.59 Å². The van der Waals surface area contributed by atoms with Crippen molar-refractivity contribution >= 4 is 29.1 Å². The number of methoxy groups -OCH3 is 3. The molecule has 2 saturated heterocycles. The van der Waals surface area contributed by atoms with Gasteiger partial charge in [0.05, 0.1) is 36.2 Å². The molecule has 0 radical (unpaired) electrons. The van der Waals surface area contributed by atoms with Crippen molar-refractivity contribution in [2.45, 2.75) is 193 Å². The van der Waals surface area contributed by atoms with Crippen LogP contribution in [0.15, 0.2) is 82.1 Å². The van der Waals surface area contributed by atoms with Gasteiger partial charge in [0.15, 0.2) is 0 Å². The lowest BCUT2D eigenvalue weighted by Crippen LogP contribution is -2.61. The topological polar surface area (TPSA) is 252 Å². The second-order valence-corrected chi connectivity index (χ2v) is 22.0. The number of rotatable bonds is 10. The zero-order valence-electron chi connectivity index (χ0n) is 46.5. The standard InChI is InChI=1S/C58H87N5O13/c1-35-16-12-11-13-17-36(2)49(71-8)32-45-25-19-41(7)58(70,76-45)55(67)56(68)63-27-15-14-18-46(63)57(69)75-50(38(4)30-43-22-26-47(64)51(31-43)72-9)33-48(65)37(3)29-40(6)53(66)54(73-10)52(39(5)28-35)61-74-34-42-20-23-44(24-21-42)60-62-59/h11-13,16-17,20-21,23-24,29,35,37-39,41,43,45-51,53-54,64-66,70H,14-15,18-19,22,25-28,30-34H2,1-10H3/b13-11+,16-12+,36-17+,40-29+,61-52?/t35-,37-,38-,39-,41-,43+,45+,46+,47-,48-,49+,50+,51-,53-,54+,58-/m1/s1. The number of Topliss-reactive ketones (excluding diaryl/α,β-unsaturated/α-hetero) is 1. The molecule has 3 heterocycles. The van der Waals surface area contributed by atoms with Gasteiger partial charge >= 0.3 is 5.97 Å². The second-order valence-electron chi connectivity index (χ2n) is 22.0. The van der Waals surface area contributed by atoms with Gasteiger partial charge in [-0.15, -0.1) is 0 Å². The normalized spacial score (nSPS) is 37.5. The first-order valence-corrected chi connectivity index (χ1v) is 27.4. The van der Waals surface area contributed by atoms with Crippen LogP contribution in [-0.2, 0) is 49.5 Å². The summed E-state index contributed by atoms with van der Waals surface area (Å²) in [6, 6.07) is 5.79. The molecule has 0 aromatic heterocycles. The number of hydrogen-bond acceptors (Lipinski definition) is 15. The lowest BCUT2D eigenvalue weighted by molar-refractivity contribution is -0.265. The predicted molar refractivity (Wildman–Crippen MR) is 289 cm³/mol. The van der Waals surface area contributed by atoms with Gasteiger partial charge in [0.25, 0.3) is 11.7 Å². The Balaban J connectivity index is 1.51. The maximum atomic E-state index is 14.6. The fourth-order valence-electron chi connectivity index (χ4n) is 11.3. The summed E-state index contributed by atoms with van der Waals surface area (Å²) in [6.45, 7) is 13.4. The summed E-state index contributed by atoms with van der Waals surface area (Å²) in [5.74, 6) is -6.93. The van der Waals surface area contributed by atoms with Crippen molar-refractivity contribution in [3.63, 3.8) is 0 Å². The van der Waals surface area contributed by atoms with Crippen LogP contribution in [0.2, 0.25) is 0 Å². The molecule has 3 aliphatic heterocycles. The third-order valence-corrected chi connectivity index (χ3v) is 16.2. The number of nitrogens with zero attached hydrogens (tertiary/aromatic N) is 5. The van der Waals surface area contributed by atoms with E-state index in [1.54, 1.807) is 58.4 Å². The Bertz CT molecular complexity index is 2260. The molecule has 16 atom stereocenters. The lowest BCUT2D eigenvalue weighted by Gasteiger charge is -2.43. The van der Waals surface area contributed by atoms with Crippen LogP contribution in [0.1, 0.15) is 131 Å². The molecule has 1 aromatic rings. The number of cyclic esters (lactones) is 1. The van der Waals surface area contributed by atoms with Crippen molar-refractivity contribution in [2.75, 3.05) is 27.9 Å². The predicted octanol–water partition coefficient (Wildman–Crippen LogP) is 8.92. The molecule has 18 heteroatoms. The van der Waals surface area contributed by atoms with E-state index in [9.17, 15) is 34.8 Å².